The Morgan fingerprint density at radius 1 is 0.403 bits per heavy atom. The number of rotatable bonds is 6. The van der Waals surface area contributed by atoms with Crippen LogP contribution in [-0.2, 0) is 6.18 Å². The van der Waals surface area contributed by atoms with Gasteiger partial charge in [-0.15, -0.1) is 0 Å². The molecule has 2 aromatic heterocycles. The molecule has 334 valence electrons. The van der Waals surface area contributed by atoms with Crippen LogP contribution < -0.4 is 0 Å². The average Bonchev–Trinajstić information content (AvgIpc) is 3.93. The Labute approximate surface area is 410 Å². The first-order chi connectivity index (χ1) is 35.0. The van der Waals surface area contributed by atoms with Gasteiger partial charge in [-0.25, -0.2) is 19.4 Å². The first-order valence-electron chi connectivity index (χ1n) is 22.2. The molecule has 2 heterocycles. The fraction of sp³-hybridized carbons (Fsp3) is 0.0164. The van der Waals surface area contributed by atoms with Crippen molar-refractivity contribution in [2.75, 3.05) is 0 Å². The molecule has 0 saturated heterocycles. The van der Waals surface area contributed by atoms with Crippen molar-refractivity contribution in [3.05, 3.63) is 238 Å². The number of hydrogen-bond acceptors (Lipinski definition) is 2. The molecule has 0 spiro atoms. The van der Waals surface area contributed by atoms with Crippen LogP contribution in [0.5, 0.6) is 0 Å². The van der Waals surface area contributed by atoms with E-state index in [4.69, 9.17) is 26.3 Å². The van der Waals surface area contributed by atoms with Gasteiger partial charge in [0.15, 0.2) is 22.7 Å². The first-order valence-corrected chi connectivity index (χ1v) is 22.2. The molecule has 72 heavy (non-hydrogen) atoms. The van der Waals surface area contributed by atoms with Gasteiger partial charge in [0.05, 0.1) is 71.9 Å². The molecule has 0 bridgehead atoms. The number of benzene rings is 9. The van der Waals surface area contributed by atoms with Crippen molar-refractivity contribution >= 4 is 66.4 Å². The van der Waals surface area contributed by atoms with E-state index in [2.05, 4.69) is 40.7 Å². The molecule has 0 amide bonds. The summed E-state index contributed by atoms with van der Waals surface area (Å²) in [5.74, 6) is 0. The number of nitriles is 2. The van der Waals surface area contributed by atoms with E-state index in [1.54, 1.807) is 48.5 Å². The molecule has 0 aliphatic carbocycles. The molecule has 11 rings (SSSR count). The van der Waals surface area contributed by atoms with Gasteiger partial charge >= 0.3 is 6.18 Å². The highest BCUT2D eigenvalue weighted by atomic mass is 19.4. The molecule has 0 atom stereocenters. The van der Waals surface area contributed by atoms with Crippen LogP contribution in [0.25, 0.3) is 119 Å². The first kappa shape index (κ1) is 43.9. The van der Waals surface area contributed by atoms with Crippen LogP contribution in [0.15, 0.2) is 176 Å². The van der Waals surface area contributed by atoms with Gasteiger partial charge in [0.2, 0.25) is 0 Å². The monoisotopic (exact) mass is 930 g/mol. The summed E-state index contributed by atoms with van der Waals surface area (Å²) < 4.78 is 46.4. The lowest BCUT2D eigenvalue weighted by Gasteiger charge is -2.21. The molecule has 0 unspecified atom stereocenters. The maximum Gasteiger partial charge on any atom is 0.415 e. The number of halogens is 3. The van der Waals surface area contributed by atoms with Gasteiger partial charge in [-0.3, -0.25) is 0 Å². The zero-order valence-corrected chi connectivity index (χ0v) is 37.5. The minimum Gasteiger partial charge on any atom is -0.309 e. The van der Waals surface area contributed by atoms with Gasteiger partial charge in [-0.1, -0.05) is 91.0 Å². The number of fused-ring (bicyclic) bond motifs is 6. The highest BCUT2D eigenvalue weighted by Gasteiger charge is 2.31. The molecule has 0 fully saturated rings. The molecule has 0 aliphatic rings. The van der Waals surface area contributed by atoms with Crippen LogP contribution in [-0.4, -0.2) is 9.13 Å². The van der Waals surface area contributed by atoms with Crippen molar-refractivity contribution in [3.63, 3.8) is 0 Å². The molecule has 11 heteroatoms. The van der Waals surface area contributed by atoms with Crippen molar-refractivity contribution in [1.29, 1.82) is 10.5 Å². The summed E-state index contributed by atoms with van der Waals surface area (Å²) in [6, 6.07) is 56.3. The van der Waals surface area contributed by atoms with E-state index in [1.165, 1.54) is 6.07 Å². The predicted octanol–water partition coefficient (Wildman–Crippen LogP) is 17.5. The Morgan fingerprint density at radius 2 is 0.889 bits per heavy atom. The lowest BCUT2D eigenvalue weighted by Crippen LogP contribution is -2.04. The van der Waals surface area contributed by atoms with Crippen LogP contribution >= 0.6 is 0 Å². The van der Waals surface area contributed by atoms with E-state index in [9.17, 15) is 23.7 Å². The van der Waals surface area contributed by atoms with E-state index in [0.717, 1.165) is 66.9 Å². The van der Waals surface area contributed by atoms with E-state index < -0.39 is 11.7 Å². The quantitative estimate of drug-likeness (QED) is 0.156. The number of para-hydroxylation sites is 2. The summed E-state index contributed by atoms with van der Waals surface area (Å²) in [7, 11) is 0. The summed E-state index contributed by atoms with van der Waals surface area (Å²) in [6.07, 6.45) is -4.67. The smallest absolute Gasteiger partial charge is 0.309 e. The number of alkyl halides is 3. The highest BCUT2D eigenvalue weighted by molar-refractivity contribution is 6.13. The topological polar surface area (TPSA) is 74.9 Å². The Hall–Kier alpha value is -10.7. The fourth-order valence-electron chi connectivity index (χ4n) is 9.85. The second-order valence-corrected chi connectivity index (χ2v) is 17.0. The summed E-state index contributed by atoms with van der Waals surface area (Å²) >= 11 is 0. The van der Waals surface area contributed by atoms with Crippen molar-refractivity contribution in [2.24, 2.45) is 0 Å². The third kappa shape index (κ3) is 7.12. The van der Waals surface area contributed by atoms with Gasteiger partial charge in [0, 0.05) is 43.8 Å². The molecule has 0 aliphatic heterocycles. The zero-order chi connectivity index (χ0) is 49.8. The summed E-state index contributed by atoms with van der Waals surface area (Å²) in [4.78, 5) is 14.7. The third-order valence-corrected chi connectivity index (χ3v) is 13.1. The average molecular weight is 931 g/mol. The lowest BCUT2D eigenvalue weighted by atomic mass is 9.94. The van der Waals surface area contributed by atoms with Crippen molar-refractivity contribution in [1.82, 2.24) is 9.13 Å². The van der Waals surface area contributed by atoms with Crippen LogP contribution in [0, 0.1) is 49.0 Å². The Morgan fingerprint density at radius 3 is 1.47 bits per heavy atom. The Kier molecular flexibility index (Phi) is 10.4. The Balaban J connectivity index is 1.21. The zero-order valence-electron chi connectivity index (χ0n) is 37.5. The predicted molar refractivity (Wildman–Crippen MR) is 276 cm³/mol. The van der Waals surface area contributed by atoms with Gasteiger partial charge in [0.1, 0.15) is 0 Å². The van der Waals surface area contributed by atoms with E-state index in [-0.39, 0.29) is 5.69 Å². The SMILES string of the molecule is [C-]#[N+]c1ccc(-c2ccc3c(c2)c2ccccc2n3-c2ccc(-c3ccc(C(F)(F)F)cc3[N+]#[C-])cc2-c2cc([N+]#[C-])ccc2-n2c3ccccc3c3cc(-c4ccc(C#N)cc4[N+]#[C-])ccc32)c(C#N)c1. The summed E-state index contributed by atoms with van der Waals surface area (Å²) in [5, 5.41) is 23.3. The lowest BCUT2D eigenvalue weighted by molar-refractivity contribution is -0.137. The molecular weight excluding hydrogens is 902 g/mol. The van der Waals surface area contributed by atoms with E-state index in [0.29, 0.717) is 72.9 Å². The fourth-order valence-corrected chi connectivity index (χ4v) is 9.85. The summed E-state index contributed by atoms with van der Waals surface area (Å²) in [6.45, 7) is 31.7. The molecule has 9 aromatic carbocycles. The minimum absolute atomic E-state index is 0.175. The van der Waals surface area contributed by atoms with E-state index in [1.807, 2.05) is 109 Å². The van der Waals surface area contributed by atoms with Gasteiger partial charge in [0.25, 0.3) is 0 Å². The van der Waals surface area contributed by atoms with Gasteiger partial charge in [-0.05, 0) is 124 Å². The maximum atomic E-state index is 14.0. The van der Waals surface area contributed by atoms with Gasteiger partial charge in [-0.2, -0.15) is 23.7 Å². The van der Waals surface area contributed by atoms with Crippen molar-refractivity contribution < 1.29 is 13.2 Å². The van der Waals surface area contributed by atoms with E-state index >= 15 is 0 Å². The normalized spacial score (nSPS) is 11.2. The van der Waals surface area contributed by atoms with Crippen LogP contribution in [0.1, 0.15) is 16.7 Å². The van der Waals surface area contributed by atoms with Crippen LogP contribution in [0.3, 0.4) is 0 Å². The molecule has 11 aromatic rings. The highest BCUT2D eigenvalue weighted by Crippen LogP contribution is 2.46. The summed E-state index contributed by atoms with van der Waals surface area (Å²) in [5.41, 5.74) is 10.2. The number of nitrogens with zero attached hydrogens (tertiary/aromatic N) is 8. The molecule has 8 nitrogen and oxygen atoms in total. The van der Waals surface area contributed by atoms with Crippen molar-refractivity contribution in [2.45, 2.75) is 6.18 Å². The minimum atomic E-state index is -4.67. The number of aromatic nitrogens is 2. The largest absolute Gasteiger partial charge is 0.415 e. The molecular formula is C61H29F3N8. The Bertz CT molecular complexity index is 4420. The second-order valence-electron chi connectivity index (χ2n) is 17.0. The number of hydrogen-bond donors (Lipinski definition) is 0. The third-order valence-electron chi connectivity index (χ3n) is 13.1. The maximum absolute atomic E-state index is 14.0. The molecule has 0 saturated carbocycles. The molecule has 0 N–H and O–H groups in total. The molecule has 0 radical (unpaired) electrons. The second kappa shape index (κ2) is 17.1. The van der Waals surface area contributed by atoms with Gasteiger partial charge < -0.3 is 9.13 Å². The van der Waals surface area contributed by atoms with Crippen molar-refractivity contribution in [3.8, 4) is 68.0 Å². The van der Waals surface area contributed by atoms with Crippen LogP contribution in [0.2, 0.25) is 0 Å². The standard InChI is InChI=1S/C61H29F3N8/c1-67-42-18-22-44(40(28-42)35-66)37-14-23-57-49(29-37)47-9-5-7-11-55(47)71(57)59-25-16-39(46-21-17-41(61(62,63)64)32-54(46)70-4)31-51(59)52-33-43(68-2)19-26-60(52)72-56-12-8-6-10-48(56)50-30-38(15-24-58(50)72)45-20-13-36(34-65)27-53(45)69-3/h5-33H. The van der Waals surface area contributed by atoms with Crippen LogP contribution in [0.4, 0.5) is 35.9 Å².